The molecule has 1 aromatic rings. The fraction of sp³-hybridized carbons (Fsp3) is 0.462. The zero-order chi connectivity index (χ0) is 13.0. The molecular formula is C13H17NO3S. The molecule has 0 unspecified atom stereocenters. The van der Waals surface area contributed by atoms with Crippen LogP contribution in [0.4, 0.5) is 0 Å². The first-order chi connectivity index (χ1) is 8.69. The van der Waals surface area contributed by atoms with Crippen LogP contribution in [0.15, 0.2) is 24.3 Å². The standard InChI is InChI=1S/C13H17NO3S/c1-17-13(15)12-4-2-11(3-5-12)10-14-6-8-18(16)9-7-14/h2-5H,6-10H2,1H3. The molecule has 0 aliphatic carbocycles. The summed E-state index contributed by atoms with van der Waals surface area (Å²) in [6, 6.07) is 7.45. The number of carbonyl (C=O) groups is 1. The fourth-order valence-corrected chi connectivity index (χ4v) is 3.08. The van der Waals surface area contributed by atoms with Crippen LogP contribution in [-0.2, 0) is 22.1 Å². The van der Waals surface area contributed by atoms with Crippen LogP contribution in [0.5, 0.6) is 0 Å². The van der Waals surface area contributed by atoms with E-state index in [1.54, 1.807) is 12.1 Å². The maximum atomic E-state index is 11.3. The van der Waals surface area contributed by atoms with Crippen LogP contribution < -0.4 is 0 Å². The normalized spacial score (nSPS) is 17.6. The fourth-order valence-electron chi connectivity index (χ4n) is 1.96. The lowest BCUT2D eigenvalue weighted by molar-refractivity contribution is 0.0600. The number of hydrogen-bond acceptors (Lipinski definition) is 4. The molecule has 0 amide bonds. The van der Waals surface area contributed by atoms with Crippen molar-refractivity contribution in [2.75, 3.05) is 31.7 Å². The van der Waals surface area contributed by atoms with Crippen LogP contribution in [0.3, 0.4) is 0 Å². The molecule has 0 atom stereocenters. The van der Waals surface area contributed by atoms with Crippen LogP contribution in [-0.4, -0.2) is 46.8 Å². The van der Waals surface area contributed by atoms with Gasteiger partial charge >= 0.3 is 5.97 Å². The van der Waals surface area contributed by atoms with Crippen LogP contribution in [0.1, 0.15) is 15.9 Å². The van der Waals surface area contributed by atoms with Crippen molar-refractivity contribution in [2.45, 2.75) is 6.54 Å². The molecular weight excluding hydrogens is 250 g/mol. The topological polar surface area (TPSA) is 46.6 Å². The van der Waals surface area contributed by atoms with Crippen LogP contribution in [0, 0.1) is 0 Å². The largest absolute Gasteiger partial charge is 0.465 e. The second-order valence-electron chi connectivity index (χ2n) is 4.31. The predicted molar refractivity (Wildman–Crippen MR) is 70.9 cm³/mol. The highest BCUT2D eigenvalue weighted by Crippen LogP contribution is 2.10. The number of methoxy groups -OCH3 is 1. The summed E-state index contributed by atoms with van der Waals surface area (Å²) in [5, 5.41) is 0. The minimum Gasteiger partial charge on any atom is -0.465 e. The van der Waals surface area contributed by atoms with Gasteiger partial charge in [-0.05, 0) is 17.7 Å². The van der Waals surface area contributed by atoms with Crippen molar-refractivity contribution in [3.63, 3.8) is 0 Å². The third-order valence-electron chi connectivity index (χ3n) is 3.05. The van der Waals surface area contributed by atoms with Crippen LogP contribution in [0.2, 0.25) is 0 Å². The lowest BCUT2D eigenvalue weighted by Crippen LogP contribution is -2.37. The number of nitrogens with zero attached hydrogens (tertiary/aromatic N) is 1. The molecule has 0 spiro atoms. The molecule has 2 rings (SSSR count). The number of benzene rings is 1. The van der Waals surface area contributed by atoms with E-state index in [9.17, 15) is 9.00 Å². The van der Waals surface area contributed by atoms with Gasteiger partial charge in [-0.3, -0.25) is 9.11 Å². The first-order valence-electron chi connectivity index (χ1n) is 5.93. The molecule has 18 heavy (non-hydrogen) atoms. The number of rotatable bonds is 3. The Bertz CT molecular complexity index is 434. The third kappa shape index (κ3) is 3.40. The molecule has 0 radical (unpaired) electrons. The Morgan fingerprint density at radius 3 is 2.44 bits per heavy atom. The quantitative estimate of drug-likeness (QED) is 0.768. The second kappa shape index (κ2) is 6.11. The van der Waals surface area contributed by atoms with E-state index in [0.717, 1.165) is 36.7 Å². The molecule has 4 nitrogen and oxygen atoms in total. The minimum atomic E-state index is -0.633. The number of ether oxygens (including phenoxy) is 1. The van der Waals surface area contributed by atoms with Crippen molar-refractivity contribution >= 4 is 16.8 Å². The molecule has 1 saturated heterocycles. The van der Waals surface area contributed by atoms with Gasteiger partial charge in [0.2, 0.25) is 0 Å². The molecule has 1 aliphatic rings. The summed E-state index contributed by atoms with van der Waals surface area (Å²) in [4.78, 5) is 13.6. The molecule has 98 valence electrons. The van der Waals surface area contributed by atoms with E-state index in [1.807, 2.05) is 12.1 Å². The van der Waals surface area contributed by atoms with Gasteiger partial charge in [-0.15, -0.1) is 0 Å². The molecule has 0 saturated carbocycles. The number of hydrogen-bond donors (Lipinski definition) is 0. The van der Waals surface area contributed by atoms with Gasteiger partial charge in [0.15, 0.2) is 0 Å². The Morgan fingerprint density at radius 1 is 1.28 bits per heavy atom. The van der Waals surface area contributed by atoms with Crippen molar-refractivity contribution in [2.24, 2.45) is 0 Å². The molecule has 1 fully saturated rings. The highest BCUT2D eigenvalue weighted by atomic mass is 32.2. The van der Waals surface area contributed by atoms with Crippen molar-refractivity contribution in [3.8, 4) is 0 Å². The summed E-state index contributed by atoms with van der Waals surface area (Å²) < 4.78 is 15.9. The van der Waals surface area contributed by atoms with E-state index in [0.29, 0.717) is 5.56 Å². The van der Waals surface area contributed by atoms with Gasteiger partial charge in [-0.2, -0.15) is 0 Å². The summed E-state index contributed by atoms with van der Waals surface area (Å²) >= 11 is 0. The van der Waals surface area contributed by atoms with Crippen molar-refractivity contribution in [1.29, 1.82) is 0 Å². The van der Waals surface area contributed by atoms with E-state index in [1.165, 1.54) is 7.11 Å². The van der Waals surface area contributed by atoms with Gasteiger partial charge in [0.25, 0.3) is 0 Å². The Labute approximate surface area is 109 Å². The minimum absolute atomic E-state index is 0.310. The van der Waals surface area contributed by atoms with E-state index in [4.69, 9.17) is 0 Å². The van der Waals surface area contributed by atoms with Gasteiger partial charge in [-0.1, -0.05) is 12.1 Å². The summed E-state index contributed by atoms with van der Waals surface area (Å²) in [5.74, 6) is 1.22. The summed E-state index contributed by atoms with van der Waals surface area (Å²) in [7, 11) is 0.746. The monoisotopic (exact) mass is 267 g/mol. The van der Waals surface area contributed by atoms with Gasteiger partial charge < -0.3 is 4.74 Å². The number of carbonyl (C=O) groups excluding carboxylic acids is 1. The Morgan fingerprint density at radius 2 is 1.89 bits per heavy atom. The molecule has 1 heterocycles. The molecule has 0 bridgehead atoms. The smallest absolute Gasteiger partial charge is 0.337 e. The van der Waals surface area contributed by atoms with Crippen molar-refractivity contribution in [1.82, 2.24) is 4.90 Å². The maximum absolute atomic E-state index is 11.3. The van der Waals surface area contributed by atoms with E-state index in [-0.39, 0.29) is 5.97 Å². The average molecular weight is 267 g/mol. The molecule has 0 N–H and O–H groups in total. The van der Waals surface area contributed by atoms with Gasteiger partial charge in [0.05, 0.1) is 12.7 Å². The number of esters is 1. The highest BCUT2D eigenvalue weighted by Gasteiger charge is 2.15. The van der Waals surface area contributed by atoms with Crippen LogP contribution in [0.25, 0.3) is 0 Å². The second-order valence-corrected chi connectivity index (χ2v) is 6.01. The SMILES string of the molecule is COC(=O)c1ccc(CN2CCS(=O)CC2)cc1. The Kier molecular flexibility index (Phi) is 4.49. The third-order valence-corrected chi connectivity index (χ3v) is 4.33. The van der Waals surface area contributed by atoms with E-state index >= 15 is 0 Å². The summed E-state index contributed by atoms with van der Waals surface area (Å²) in [6.07, 6.45) is 0. The summed E-state index contributed by atoms with van der Waals surface area (Å²) in [5.41, 5.74) is 1.73. The first kappa shape index (κ1) is 13.2. The summed E-state index contributed by atoms with van der Waals surface area (Å²) in [6.45, 7) is 2.61. The molecule has 1 aromatic carbocycles. The van der Waals surface area contributed by atoms with E-state index < -0.39 is 10.8 Å². The highest BCUT2D eigenvalue weighted by molar-refractivity contribution is 7.85. The van der Waals surface area contributed by atoms with Gasteiger partial charge in [0, 0.05) is 41.9 Å². The lowest BCUT2D eigenvalue weighted by Gasteiger charge is -2.26. The van der Waals surface area contributed by atoms with Gasteiger partial charge in [-0.25, -0.2) is 4.79 Å². The zero-order valence-corrected chi connectivity index (χ0v) is 11.2. The van der Waals surface area contributed by atoms with Crippen molar-refractivity contribution < 1.29 is 13.7 Å². The molecule has 0 aromatic heterocycles. The Hall–Kier alpha value is -1.20. The van der Waals surface area contributed by atoms with Crippen LogP contribution >= 0.6 is 0 Å². The Balaban J connectivity index is 1.94. The maximum Gasteiger partial charge on any atom is 0.337 e. The zero-order valence-electron chi connectivity index (χ0n) is 10.4. The van der Waals surface area contributed by atoms with Crippen molar-refractivity contribution in [3.05, 3.63) is 35.4 Å². The predicted octanol–water partition coefficient (Wildman–Crippen LogP) is 1.04. The van der Waals surface area contributed by atoms with E-state index in [2.05, 4.69) is 9.64 Å². The molecule has 5 heteroatoms. The van der Waals surface area contributed by atoms with Gasteiger partial charge in [0.1, 0.15) is 0 Å². The molecule has 1 aliphatic heterocycles. The lowest BCUT2D eigenvalue weighted by atomic mass is 10.1. The average Bonchev–Trinajstić information content (AvgIpc) is 2.41. The first-order valence-corrected chi connectivity index (χ1v) is 7.42.